The van der Waals surface area contributed by atoms with Gasteiger partial charge >= 0.3 is 11.7 Å². The molecule has 1 fully saturated rings. The molecule has 0 unspecified atom stereocenters. The van der Waals surface area contributed by atoms with E-state index in [1.54, 1.807) is 30.3 Å². The maximum absolute atomic E-state index is 12.5. The quantitative estimate of drug-likeness (QED) is 0.307. The second kappa shape index (κ2) is 9.18. The van der Waals surface area contributed by atoms with E-state index in [1.165, 1.54) is 12.3 Å². The summed E-state index contributed by atoms with van der Waals surface area (Å²) in [5.41, 5.74) is 8.09. The van der Waals surface area contributed by atoms with Crippen molar-refractivity contribution >= 4 is 17.7 Å². The SMILES string of the molecule is CC(=O)O[C@H]1[C@@H](O)[C@H](n2ccc(NC(=O)c3ccccc3)nc2=O)O[C@@H]1CN=[N+]=[N-]. The fourth-order valence-corrected chi connectivity index (χ4v) is 3.00. The largest absolute Gasteiger partial charge is 0.457 e. The zero-order valence-electron chi connectivity index (χ0n) is 15.8. The predicted octanol–water partition coefficient (Wildman–Crippen LogP) is 0.996. The molecule has 4 atom stereocenters. The number of hydrogen-bond acceptors (Lipinski definition) is 8. The Labute approximate surface area is 169 Å². The van der Waals surface area contributed by atoms with Gasteiger partial charge in [-0.25, -0.2) is 4.79 Å². The summed E-state index contributed by atoms with van der Waals surface area (Å²) >= 11 is 0. The molecule has 12 heteroatoms. The van der Waals surface area contributed by atoms with Crippen LogP contribution in [0.2, 0.25) is 0 Å². The first-order valence-electron chi connectivity index (χ1n) is 8.88. The van der Waals surface area contributed by atoms with Gasteiger partial charge in [-0.15, -0.1) is 0 Å². The number of carbonyl (C=O) groups is 2. The van der Waals surface area contributed by atoms with Crippen LogP contribution in [0.4, 0.5) is 5.82 Å². The molecule has 1 saturated heterocycles. The Morgan fingerprint density at radius 3 is 2.73 bits per heavy atom. The lowest BCUT2D eigenvalue weighted by molar-refractivity contribution is -0.152. The molecule has 0 saturated carbocycles. The number of aliphatic hydroxyl groups excluding tert-OH is 1. The fourth-order valence-electron chi connectivity index (χ4n) is 3.00. The number of aromatic nitrogens is 2. The van der Waals surface area contributed by atoms with Crippen LogP contribution in [0.15, 0.2) is 52.5 Å². The van der Waals surface area contributed by atoms with Crippen LogP contribution in [0.1, 0.15) is 23.5 Å². The lowest BCUT2D eigenvalue weighted by Crippen LogP contribution is -2.38. The predicted molar refractivity (Wildman–Crippen MR) is 102 cm³/mol. The van der Waals surface area contributed by atoms with Gasteiger partial charge in [0.05, 0.1) is 6.54 Å². The highest BCUT2D eigenvalue weighted by Gasteiger charge is 2.46. The van der Waals surface area contributed by atoms with E-state index in [9.17, 15) is 19.5 Å². The Kier molecular flexibility index (Phi) is 6.42. The van der Waals surface area contributed by atoms with Crippen molar-refractivity contribution in [2.24, 2.45) is 5.11 Å². The van der Waals surface area contributed by atoms with Gasteiger partial charge in [0.15, 0.2) is 12.3 Å². The molecule has 0 radical (unpaired) electrons. The summed E-state index contributed by atoms with van der Waals surface area (Å²) in [5, 5.41) is 16.4. The highest BCUT2D eigenvalue weighted by molar-refractivity contribution is 6.03. The summed E-state index contributed by atoms with van der Waals surface area (Å²) in [6.07, 6.45) is -3.44. The number of azide groups is 1. The van der Waals surface area contributed by atoms with E-state index in [-0.39, 0.29) is 12.4 Å². The zero-order valence-corrected chi connectivity index (χ0v) is 15.8. The molecule has 1 aromatic carbocycles. The first-order valence-corrected chi connectivity index (χ1v) is 8.88. The summed E-state index contributed by atoms with van der Waals surface area (Å²) < 4.78 is 11.6. The number of benzene rings is 1. The first-order chi connectivity index (χ1) is 14.4. The number of nitrogens with one attached hydrogen (secondary N) is 1. The van der Waals surface area contributed by atoms with Crippen molar-refractivity contribution in [2.75, 3.05) is 11.9 Å². The Morgan fingerprint density at radius 2 is 2.10 bits per heavy atom. The van der Waals surface area contributed by atoms with Crippen LogP contribution in [0.3, 0.4) is 0 Å². The van der Waals surface area contributed by atoms with Crippen LogP contribution in [0, 0.1) is 0 Å². The Bertz CT molecular complexity index is 1030. The van der Waals surface area contributed by atoms with Crippen LogP contribution >= 0.6 is 0 Å². The molecule has 3 rings (SSSR count). The normalized spacial score (nSPS) is 22.7. The van der Waals surface area contributed by atoms with Gasteiger partial charge in [-0.1, -0.05) is 23.3 Å². The molecule has 30 heavy (non-hydrogen) atoms. The maximum Gasteiger partial charge on any atom is 0.351 e. The highest BCUT2D eigenvalue weighted by Crippen LogP contribution is 2.31. The van der Waals surface area contributed by atoms with E-state index in [2.05, 4.69) is 20.3 Å². The molecule has 1 amide bonds. The fraction of sp³-hybridized carbons (Fsp3) is 0.333. The minimum absolute atomic E-state index is 0.0137. The number of anilines is 1. The van der Waals surface area contributed by atoms with E-state index in [0.717, 1.165) is 11.5 Å². The van der Waals surface area contributed by atoms with Crippen LogP contribution < -0.4 is 11.0 Å². The average Bonchev–Trinajstić information content (AvgIpc) is 3.02. The van der Waals surface area contributed by atoms with Crippen LogP contribution in [0.5, 0.6) is 0 Å². The lowest BCUT2D eigenvalue weighted by atomic mass is 10.1. The molecule has 1 aromatic heterocycles. The molecular formula is C18H18N6O6. The van der Waals surface area contributed by atoms with Gasteiger partial charge < -0.3 is 19.9 Å². The number of ether oxygens (including phenoxy) is 2. The molecule has 0 spiro atoms. The first kappa shape index (κ1) is 21.0. The third-order valence-corrected chi connectivity index (χ3v) is 4.32. The van der Waals surface area contributed by atoms with Gasteiger partial charge in [0.1, 0.15) is 18.0 Å². The summed E-state index contributed by atoms with van der Waals surface area (Å²) in [7, 11) is 0. The number of aliphatic hydroxyl groups is 1. The number of nitrogens with zero attached hydrogens (tertiary/aromatic N) is 5. The molecule has 2 heterocycles. The van der Waals surface area contributed by atoms with E-state index in [1.807, 2.05) is 0 Å². The van der Waals surface area contributed by atoms with Gasteiger partial charge in [0.2, 0.25) is 0 Å². The number of esters is 1. The molecule has 0 aliphatic carbocycles. The number of carbonyl (C=O) groups excluding carboxylic acids is 2. The molecule has 1 aliphatic heterocycles. The van der Waals surface area contributed by atoms with Crippen molar-refractivity contribution in [1.29, 1.82) is 0 Å². The van der Waals surface area contributed by atoms with Gasteiger partial charge in [0.25, 0.3) is 5.91 Å². The summed E-state index contributed by atoms with van der Waals surface area (Å²) in [6.45, 7) is 0.942. The monoisotopic (exact) mass is 414 g/mol. The Hall–Kier alpha value is -3.73. The average molecular weight is 414 g/mol. The lowest BCUT2D eigenvalue weighted by Gasteiger charge is -2.19. The van der Waals surface area contributed by atoms with Gasteiger partial charge in [-0.05, 0) is 23.7 Å². The molecule has 1 aliphatic rings. The molecule has 12 nitrogen and oxygen atoms in total. The molecule has 2 N–H and O–H groups in total. The van der Waals surface area contributed by atoms with E-state index in [4.69, 9.17) is 15.0 Å². The highest BCUT2D eigenvalue weighted by atomic mass is 16.6. The summed E-state index contributed by atoms with van der Waals surface area (Å²) in [5.74, 6) is -1.10. The van der Waals surface area contributed by atoms with Crippen LogP contribution in [-0.4, -0.2) is 51.4 Å². The number of hydrogen-bond donors (Lipinski definition) is 2. The summed E-state index contributed by atoms with van der Waals surface area (Å²) in [4.78, 5) is 42.4. The standard InChI is InChI=1S/C18H18N6O6/c1-10(25)29-15-12(9-20-23-19)30-17(14(15)26)24-8-7-13(22-18(24)28)21-16(27)11-5-3-2-4-6-11/h2-8,12,14-15,17,26H,9H2,1H3,(H,21,22,27,28)/t12-,14-,15-,17-/m1/s1. The van der Waals surface area contributed by atoms with Gasteiger partial charge in [-0.2, -0.15) is 4.98 Å². The van der Waals surface area contributed by atoms with Crippen molar-refractivity contribution in [2.45, 2.75) is 31.5 Å². The Balaban J connectivity index is 1.80. The van der Waals surface area contributed by atoms with E-state index < -0.39 is 42.1 Å². The number of rotatable bonds is 6. The third kappa shape index (κ3) is 4.63. The minimum atomic E-state index is -1.41. The second-order valence-corrected chi connectivity index (χ2v) is 6.37. The van der Waals surface area contributed by atoms with E-state index in [0.29, 0.717) is 5.56 Å². The summed E-state index contributed by atoms with van der Waals surface area (Å²) in [6, 6.07) is 9.74. The minimum Gasteiger partial charge on any atom is -0.457 e. The topological polar surface area (TPSA) is 169 Å². The van der Waals surface area contributed by atoms with Crippen LogP contribution in [0.25, 0.3) is 10.4 Å². The molecular weight excluding hydrogens is 396 g/mol. The molecule has 0 bridgehead atoms. The maximum atomic E-state index is 12.5. The van der Waals surface area contributed by atoms with Gasteiger partial charge in [-0.3, -0.25) is 14.2 Å². The van der Waals surface area contributed by atoms with Gasteiger partial charge in [0, 0.05) is 23.6 Å². The van der Waals surface area contributed by atoms with Crippen molar-refractivity contribution in [3.63, 3.8) is 0 Å². The smallest absolute Gasteiger partial charge is 0.351 e. The van der Waals surface area contributed by atoms with Crippen molar-refractivity contribution in [3.8, 4) is 0 Å². The molecule has 2 aromatic rings. The second-order valence-electron chi connectivity index (χ2n) is 6.37. The Morgan fingerprint density at radius 1 is 1.37 bits per heavy atom. The van der Waals surface area contributed by atoms with E-state index >= 15 is 0 Å². The van der Waals surface area contributed by atoms with Crippen molar-refractivity contribution in [3.05, 3.63) is 69.1 Å². The molecule has 156 valence electrons. The zero-order chi connectivity index (χ0) is 21.7. The number of amides is 1. The van der Waals surface area contributed by atoms with Crippen molar-refractivity contribution in [1.82, 2.24) is 9.55 Å². The third-order valence-electron chi connectivity index (χ3n) is 4.32. The van der Waals surface area contributed by atoms with Crippen LogP contribution in [-0.2, 0) is 14.3 Å². The van der Waals surface area contributed by atoms with Crippen molar-refractivity contribution < 1.29 is 24.2 Å².